The van der Waals surface area contributed by atoms with Gasteiger partial charge in [-0.25, -0.2) is 0 Å². The predicted molar refractivity (Wildman–Crippen MR) is 64.7 cm³/mol. The van der Waals surface area contributed by atoms with Crippen LogP contribution in [-0.2, 0) is 16.1 Å². The SMILES string of the molecule is Nc1ccc(=O)n(CCN2CC(=O)NC(=O)C2)c1. The molecule has 0 saturated carbocycles. The number of nitrogen functional groups attached to an aromatic ring is 1. The summed E-state index contributed by atoms with van der Waals surface area (Å²) in [6.45, 7) is 1.18. The number of nitrogens with zero attached hydrogens (tertiary/aromatic N) is 2. The minimum Gasteiger partial charge on any atom is -0.398 e. The first-order chi connectivity index (χ1) is 8.54. The quantitative estimate of drug-likeness (QED) is 0.629. The Kier molecular flexibility index (Phi) is 3.42. The van der Waals surface area contributed by atoms with Gasteiger partial charge in [-0.3, -0.25) is 24.6 Å². The Bertz CT molecular complexity index is 521. The molecule has 18 heavy (non-hydrogen) atoms. The fourth-order valence-corrected chi connectivity index (χ4v) is 1.83. The van der Waals surface area contributed by atoms with Crippen molar-refractivity contribution in [3.05, 3.63) is 28.7 Å². The molecular formula is C11H14N4O3. The third kappa shape index (κ3) is 2.95. The number of hydrogen-bond acceptors (Lipinski definition) is 5. The van der Waals surface area contributed by atoms with Gasteiger partial charge in [0.05, 0.1) is 13.1 Å². The summed E-state index contributed by atoms with van der Waals surface area (Å²) < 4.78 is 1.46. The Morgan fingerprint density at radius 3 is 2.44 bits per heavy atom. The molecule has 0 radical (unpaired) electrons. The van der Waals surface area contributed by atoms with Crippen LogP contribution in [0.25, 0.3) is 0 Å². The van der Waals surface area contributed by atoms with Gasteiger partial charge in [0.25, 0.3) is 5.56 Å². The van der Waals surface area contributed by atoms with Crippen molar-refractivity contribution in [2.24, 2.45) is 0 Å². The molecule has 2 rings (SSSR count). The van der Waals surface area contributed by atoms with E-state index in [4.69, 9.17) is 5.73 Å². The first-order valence-electron chi connectivity index (χ1n) is 5.55. The van der Waals surface area contributed by atoms with E-state index >= 15 is 0 Å². The monoisotopic (exact) mass is 250 g/mol. The maximum Gasteiger partial charge on any atom is 0.250 e. The number of pyridine rings is 1. The molecule has 1 aliphatic rings. The number of piperazine rings is 1. The second-order valence-electron chi connectivity index (χ2n) is 4.18. The third-order valence-corrected chi connectivity index (χ3v) is 2.68. The summed E-state index contributed by atoms with van der Waals surface area (Å²) in [5.41, 5.74) is 5.94. The molecule has 0 aromatic carbocycles. The minimum atomic E-state index is -0.314. The molecular weight excluding hydrogens is 236 g/mol. The second kappa shape index (κ2) is 5.01. The van der Waals surface area contributed by atoms with Crippen LogP contribution in [0.1, 0.15) is 0 Å². The van der Waals surface area contributed by atoms with Crippen LogP contribution in [0.5, 0.6) is 0 Å². The number of amides is 2. The fourth-order valence-electron chi connectivity index (χ4n) is 1.83. The van der Waals surface area contributed by atoms with Crippen LogP contribution in [0.15, 0.2) is 23.1 Å². The van der Waals surface area contributed by atoms with Gasteiger partial charge in [-0.15, -0.1) is 0 Å². The zero-order chi connectivity index (χ0) is 13.1. The molecule has 96 valence electrons. The van der Waals surface area contributed by atoms with E-state index in [1.807, 2.05) is 0 Å². The molecule has 1 fully saturated rings. The van der Waals surface area contributed by atoms with Crippen molar-refractivity contribution < 1.29 is 9.59 Å². The van der Waals surface area contributed by atoms with Crippen molar-refractivity contribution in [2.45, 2.75) is 6.54 Å². The topological polar surface area (TPSA) is 97.4 Å². The Hall–Kier alpha value is -2.15. The molecule has 1 aromatic heterocycles. The highest BCUT2D eigenvalue weighted by atomic mass is 16.2. The number of nitrogens with two attached hydrogens (primary N) is 1. The molecule has 0 unspecified atom stereocenters. The van der Waals surface area contributed by atoms with Crippen molar-refractivity contribution in [3.63, 3.8) is 0 Å². The van der Waals surface area contributed by atoms with E-state index in [1.54, 1.807) is 11.1 Å². The summed E-state index contributed by atoms with van der Waals surface area (Å²) in [7, 11) is 0. The normalized spacial score (nSPS) is 16.7. The number of carbonyl (C=O) groups is 2. The zero-order valence-electron chi connectivity index (χ0n) is 9.76. The van der Waals surface area contributed by atoms with Gasteiger partial charge in [-0.2, -0.15) is 0 Å². The molecule has 7 heteroatoms. The second-order valence-corrected chi connectivity index (χ2v) is 4.18. The molecule has 2 amide bonds. The van der Waals surface area contributed by atoms with Gasteiger partial charge in [0.2, 0.25) is 11.8 Å². The smallest absolute Gasteiger partial charge is 0.250 e. The van der Waals surface area contributed by atoms with E-state index in [1.165, 1.54) is 16.7 Å². The number of nitrogens with one attached hydrogen (secondary N) is 1. The van der Waals surface area contributed by atoms with Crippen LogP contribution >= 0.6 is 0 Å². The number of imide groups is 1. The summed E-state index contributed by atoms with van der Waals surface area (Å²) in [5.74, 6) is -0.627. The molecule has 0 aliphatic carbocycles. The summed E-state index contributed by atoms with van der Waals surface area (Å²) in [6.07, 6.45) is 1.55. The number of rotatable bonds is 3. The van der Waals surface area contributed by atoms with Crippen LogP contribution in [0, 0.1) is 0 Å². The van der Waals surface area contributed by atoms with Crippen molar-refractivity contribution in [2.75, 3.05) is 25.4 Å². The molecule has 1 aromatic rings. The Morgan fingerprint density at radius 1 is 1.11 bits per heavy atom. The van der Waals surface area contributed by atoms with Crippen LogP contribution < -0.4 is 16.6 Å². The number of hydrogen-bond donors (Lipinski definition) is 2. The standard InChI is InChI=1S/C11H14N4O3/c12-8-1-2-11(18)15(5-8)4-3-14-6-9(16)13-10(17)7-14/h1-2,5H,3-4,6-7,12H2,(H,13,16,17). The Labute approximate surface area is 103 Å². The van der Waals surface area contributed by atoms with E-state index in [2.05, 4.69) is 5.32 Å². The lowest BCUT2D eigenvalue weighted by molar-refractivity contribution is -0.136. The lowest BCUT2D eigenvalue weighted by Crippen LogP contribution is -2.52. The summed E-state index contributed by atoms with van der Waals surface area (Å²) in [5, 5.41) is 2.22. The average molecular weight is 250 g/mol. The maximum absolute atomic E-state index is 11.5. The predicted octanol–water partition coefficient (Wildman–Crippen LogP) is -1.61. The van der Waals surface area contributed by atoms with Gasteiger partial charge in [0, 0.05) is 31.0 Å². The van der Waals surface area contributed by atoms with Crippen molar-refractivity contribution in [1.29, 1.82) is 0 Å². The third-order valence-electron chi connectivity index (χ3n) is 2.68. The Morgan fingerprint density at radius 2 is 1.78 bits per heavy atom. The van der Waals surface area contributed by atoms with E-state index in [0.717, 1.165) is 0 Å². The van der Waals surface area contributed by atoms with Crippen LogP contribution in [-0.4, -0.2) is 40.9 Å². The Balaban J connectivity index is 1.99. The van der Waals surface area contributed by atoms with E-state index in [9.17, 15) is 14.4 Å². The summed E-state index contributed by atoms with van der Waals surface area (Å²) in [6, 6.07) is 2.93. The zero-order valence-corrected chi connectivity index (χ0v) is 9.76. The molecule has 1 saturated heterocycles. The molecule has 0 bridgehead atoms. The molecule has 3 N–H and O–H groups in total. The van der Waals surface area contributed by atoms with Crippen LogP contribution in [0.3, 0.4) is 0 Å². The molecule has 2 heterocycles. The first-order valence-corrected chi connectivity index (χ1v) is 5.55. The lowest BCUT2D eigenvalue weighted by atomic mass is 10.3. The number of anilines is 1. The largest absolute Gasteiger partial charge is 0.398 e. The molecule has 7 nitrogen and oxygen atoms in total. The molecule has 0 spiro atoms. The van der Waals surface area contributed by atoms with Gasteiger partial charge in [-0.05, 0) is 6.07 Å². The number of carbonyl (C=O) groups excluding carboxylic acids is 2. The van der Waals surface area contributed by atoms with Gasteiger partial charge in [0.15, 0.2) is 0 Å². The van der Waals surface area contributed by atoms with E-state index < -0.39 is 0 Å². The average Bonchev–Trinajstić information content (AvgIpc) is 2.29. The highest BCUT2D eigenvalue weighted by Crippen LogP contribution is 1.98. The fraction of sp³-hybridized carbons (Fsp3) is 0.364. The van der Waals surface area contributed by atoms with Crippen LogP contribution in [0.4, 0.5) is 5.69 Å². The van der Waals surface area contributed by atoms with Gasteiger partial charge < -0.3 is 10.3 Å². The highest BCUT2D eigenvalue weighted by molar-refractivity contribution is 5.99. The number of aromatic nitrogens is 1. The van der Waals surface area contributed by atoms with Crippen molar-refractivity contribution in [1.82, 2.24) is 14.8 Å². The van der Waals surface area contributed by atoms with E-state index in [-0.39, 0.29) is 30.5 Å². The molecule has 0 atom stereocenters. The van der Waals surface area contributed by atoms with Crippen molar-refractivity contribution >= 4 is 17.5 Å². The molecule has 1 aliphatic heterocycles. The minimum absolute atomic E-state index is 0.156. The van der Waals surface area contributed by atoms with Gasteiger partial charge in [0.1, 0.15) is 0 Å². The van der Waals surface area contributed by atoms with Crippen LogP contribution in [0.2, 0.25) is 0 Å². The summed E-state index contributed by atoms with van der Waals surface area (Å²) in [4.78, 5) is 35.5. The first kappa shape index (κ1) is 12.3. The summed E-state index contributed by atoms with van der Waals surface area (Å²) >= 11 is 0. The van der Waals surface area contributed by atoms with Crippen molar-refractivity contribution in [3.8, 4) is 0 Å². The van der Waals surface area contributed by atoms with Gasteiger partial charge in [-0.1, -0.05) is 0 Å². The highest BCUT2D eigenvalue weighted by Gasteiger charge is 2.21. The van der Waals surface area contributed by atoms with E-state index in [0.29, 0.717) is 18.8 Å². The lowest BCUT2D eigenvalue weighted by Gasteiger charge is -2.25. The maximum atomic E-state index is 11.5. The van der Waals surface area contributed by atoms with Gasteiger partial charge >= 0.3 is 0 Å².